The SMILES string of the molecule is Nc1nc2ncc(CNc3ccc(C(=O)N[13CH]([13CH2][13CH2][13C](=O)O)[13C](=O)O)cc3)nc2c(=O)[nH]1. The van der Waals surface area contributed by atoms with Crippen molar-refractivity contribution in [1.29, 1.82) is 0 Å². The van der Waals surface area contributed by atoms with Crippen LogP contribution < -0.4 is 21.9 Å². The number of nitrogens with two attached hydrogens (primary N) is 1. The molecular weight excluding hydrogens is 427 g/mol. The molecule has 3 aromatic rings. The number of aromatic amines is 1. The van der Waals surface area contributed by atoms with Crippen molar-refractivity contribution in [3.05, 3.63) is 52.1 Å². The largest absolute Gasteiger partial charge is 0.481 e. The van der Waals surface area contributed by atoms with Crippen LogP contribution in [0.25, 0.3) is 11.2 Å². The molecule has 0 spiro atoms. The summed E-state index contributed by atoms with van der Waals surface area (Å²) in [6.45, 7) is 0.231. The Balaban J connectivity index is 1.62. The molecule has 32 heavy (non-hydrogen) atoms. The third-order valence-corrected chi connectivity index (χ3v) is 4.36. The molecule has 3 rings (SSSR count). The number of fused-ring (bicyclic) bond motifs is 1. The number of carboxylic acid groups (broad SMARTS) is 2. The van der Waals surface area contributed by atoms with Crippen molar-refractivity contribution in [2.24, 2.45) is 0 Å². The van der Waals surface area contributed by atoms with E-state index in [4.69, 9.17) is 15.9 Å². The van der Waals surface area contributed by atoms with Crippen LogP contribution in [0.4, 0.5) is 11.6 Å². The maximum Gasteiger partial charge on any atom is 0.326 e. The molecule has 2 aromatic heterocycles. The lowest BCUT2D eigenvalue weighted by Crippen LogP contribution is -2.41. The number of anilines is 2. The zero-order chi connectivity index (χ0) is 23.3. The first-order valence-corrected chi connectivity index (χ1v) is 9.33. The lowest BCUT2D eigenvalue weighted by molar-refractivity contribution is -0.140. The summed E-state index contributed by atoms with van der Waals surface area (Å²) in [5.74, 6) is -3.16. The first-order valence-electron chi connectivity index (χ1n) is 9.33. The van der Waals surface area contributed by atoms with Crippen LogP contribution in [0.2, 0.25) is 0 Å². The topological polar surface area (TPSA) is 213 Å². The van der Waals surface area contributed by atoms with E-state index in [0.717, 1.165) is 0 Å². The first kappa shape index (κ1) is 22.1. The monoisotopic (exact) mass is 446 g/mol. The smallest absolute Gasteiger partial charge is 0.326 e. The van der Waals surface area contributed by atoms with Gasteiger partial charge >= 0.3 is 11.9 Å². The number of nitrogens with one attached hydrogen (secondary N) is 3. The van der Waals surface area contributed by atoms with E-state index in [1.165, 1.54) is 18.3 Å². The minimum absolute atomic E-state index is 0.0524. The second-order valence-electron chi connectivity index (χ2n) is 6.71. The van der Waals surface area contributed by atoms with Crippen molar-refractivity contribution in [1.82, 2.24) is 25.3 Å². The summed E-state index contributed by atoms with van der Waals surface area (Å²) in [5, 5.41) is 23.2. The van der Waals surface area contributed by atoms with Gasteiger partial charge in [0, 0.05) is 17.7 Å². The molecule has 1 aromatic carbocycles. The average molecular weight is 446 g/mol. The third-order valence-electron chi connectivity index (χ3n) is 4.36. The molecular formula is C19H19N7O6. The fraction of sp³-hybridized carbons (Fsp3) is 0.211. The van der Waals surface area contributed by atoms with Crippen LogP contribution in [-0.4, -0.2) is 54.0 Å². The highest BCUT2D eigenvalue weighted by molar-refractivity contribution is 5.96. The fourth-order valence-electron chi connectivity index (χ4n) is 2.75. The summed E-state index contributed by atoms with van der Waals surface area (Å²) in [5.41, 5.74) is 6.47. The maximum absolute atomic E-state index is 12.3. The maximum atomic E-state index is 12.3. The number of nitrogens with zero attached hydrogens (tertiary/aromatic N) is 3. The van der Waals surface area contributed by atoms with Crippen LogP contribution in [0.5, 0.6) is 0 Å². The van der Waals surface area contributed by atoms with E-state index in [-0.39, 0.29) is 42.1 Å². The summed E-state index contributed by atoms with van der Waals surface area (Å²) in [6, 6.07) is 4.86. The number of carbonyl (C=O) groups excluding carboxylic acids is 1. The minimum atomic E-state index is -1.31. The van der Waals surface area contributed by atoms with E-state index in [0.29, 0.717) is 11.4 Å². The van der Waals surface area contributed by atoms with E-state index in [1.54, 1.807) is 12.1 Å². The van der Waals surface area contributed by atoms with Crippen molar-refractivity contribution >= 4 is 40.6 Å². The molecule has 0 saturated carbocycles. The summed E-state index contributed by atoms with van der Waals surface area (Å²) in [4.78, 5) is 60.6. The van der Waals surface area contributed by atoms with Crippen molar-refractivity contribution in [3.8, 4) is 0 Å². The van der Waals surface area contributed by atoms with E-state index < -0.39 is 29.4 Å². The summed E-state index contributed by atoms with van der Waals surface area (Å²) >= 11 is 0. The molecule has 166 valence electrons. The number of benzene rings is 1. The molecule has 1 unspecified atom stereocenters. The van der Waals surface area contributed by atoms with Gasteiger partial charge < -0.3 is 26.6 Å². The number of amides is 1. The van der Waals surface area contributed by atoms with Crippen molar-refractivity contribution in [3.63, 3.8) is 0 Å². The Labute approximate surface area is 179 Å². The molecule has 13 nitrogen and oxygen atoms in total. The number of nitrogen functional groups attached to an aromatic ring is 1. The molecule has 0 aliphatic heterocycles. The van der Waals surface area contributed by atoms with E-state index >= 15 is 0 Å². The molecule has 0 aliphatic carbocycles. The predicted octanol–water partition coefficient (Wildman–Crippen LogP) is -0.0448. The molecule has 7 N–H and O–H groups in total. The fourth-order valence-corrected chi connectivity index (χ4v) is 2.75. The number of carbonyl (C=O) groups is 3. The Hall–Kier alpha value is -4.55. The van der Waals surface area contributed by atoms with Gasteiger partial charge in [0.15, 0.2) is 11.2 Å². The van der Waals surface area contributed by atoms with Gasteiger partial charge in [-0.3, -0.25) is 19.4 Å². The quantitative estimate of drug-likeness (QED) is 0.240. The molecule has 1 amide bonds. The molecule has 0 radical (unpaired) electrons. The summed E-state index contributed by atoms with van der Waals surface area (Å²) in [6.07, 6.45) is 0.840. The van der Waals surface area contributed by atoms with Gasteiger partial charge in [-0.25, -0.2) is 14.8 Å². The Kier molecular flexibility index (Phi) is 6.58. The second kappa shape index (κ2) is 9.51. The van der Waals surface area contributed by atoms with Crippen LogP contribution in [0.1, 0.15) is 28.9 Å². The minimum Gasteiger partial charge on any atom is -0.481 e. The van der Waals surface area contributed by atoms with Gasteiger partial charge in [0.1, 0.15) is 6.04 Å². The number of aromatic nitrogens is 4. The molecule has 0 aliphatic rings. The Morgan fingerprint density at radius 2 is 1.84 bits per heavy atom. The lowest BCUT2D eigenvalue weighted by atomic mass is 10.2. The normalized spacial score (nSPS) is 11.6. The second-order valence-corrected chi connectivity index (χ2v) is 6.71. The zero-order valence-corrected chi connectivity index (χ0v) is 16.5. The predicted molar refractivity (Wildman–Crippen MR) is 112 cm³/mol. The summed E-state index contributed by atoms with van der Waals surface area (Å²) < 4.78 is 0. The number of H-pyrrole nitrogens is 1. The van der Waals surface area contributed by atoms with Gasteiger partial charge in [-0.15, -0.1) is 0 Å². The van der Waals surface area contributed by atoms with Gasteiger partial charge in [0.2, 0.25) is 5.95 Å². The molecule has 2 heterocycles. The van der Waals surface area contributed by atoms with E-state index in [1.807, 2.05) is 0 Å². The first-order chi connectivity index (χ1) is 15.2. The van der Waals surface area contributed by atoms with Crippen LogP contribution in [-0.2, 0) is 16.1 Å². The van der Waals surface area contributed by atoms with Crippen LogP contribution in [0, 0.1) is 0 Å². The van der Waals surface area contributed by atoms with Gasteiger partial charge in [0.25, 0.3) is 11.5 Å². The molecule has 0 bridgehead atoms. The van der Waals surface area contributed by atoms with Crippen LogP contribution in [0.15, 0.2) is 35.3 Å². The molecule has 0 saturated heterocycles. The lowest BCUT2D eigenvalue weighted by Gasteiger charge is -2.14. The zero-order valence-electron chi connectivity index (χ0n) is 16.5. The van der Waals surface area contributed by atoms with Crippen molar-refractivity contribution in [2.45, 2.75) is 25.4 Å². The van der Waals surface area contributed by atoms with E-state index in [9.17, 15) is 19.2 Å². The Morgan fingerprint density at radius 1 is 1.12 bits per heavy atom. The van der Waals surface area contributed by atoms with Crippen LogP contribution >= 0.6 is 0 Å². The Bertz CT molecular complexity index is 1230. The van der Waals surface area contributed by atoms with Gasteiger partial charge in [0.05, 0.1) is 18.4 Å². The van der Waals surface area contributed by atoms with Gasteiger partial charge in [-0.2, -0.15) is 4.98 Å². The van der Waals surface area contributed by atoms with Crippen molar-refractivity contribution < 1.29 is 24.6 Å². The molecule has 13 heteroatoms. The Morgan fingerprint density at radius 3 is 2.50 bits per heavy atom. The van der Waals surface area contributed by atoms with Gasteiger partial charge in [-0.05, 0) is 30.7 Å². The number of hydrogen-bond donors (Lipinski definition) is 6. The highest BCUT2D eigenvalue weighted by Crippen LogP contribution is 2.12. The number of rotatable bonds is 9. The number of hydrogen-bond acceptors (Lipinski definition) is 9. The highest BCUT2D eigenvalue weighted by Gasteiger charge is 2.21. The average Bonchev–Trinajstić information content (AvgIpc) is 2.75. The van der Waals surface area contributed by atoms with Gasteiger partial charge in [-0.1, -0.05) is 0 Å². The summed E-state index contributed by atoms with van der Waals surface area (Å²) in [7, 11) is 0. The standard InChI is InChI=1S/C19H19N7O6/c20-19-25-15-14(17(30)26-19)23-11(8-22-15)7-21-10-3-1-9(2-4-10)16(29)24-12(18(31)32)5-6-13(27)28/h1-4,8,12,21H,5-7H2,(H,24,29)(H,27,28)(H,31,32)(H3,20,22,25,26,30)/i5+1,6+1,12+1,13+1,18+1. The molecule has 0 fully saturated rings. The number of carboxylic acids is 2. The number of aliphatic carboxylic acids is 2. The van der Waals surface area contributed by atoms with Crippen molar-refractivity contribution in [2.75, 3.05) is 11.1 Å². The van der Waals surface area contributed by atoms with Crippen LogP contribution in [0.3, 0.4) is 0 Å². The highest BCUT2D eigenvalue weighted by atomic mass is 16.5. The van der Waals surface area contributed by atoms with E-state index in [2.05, 4.69) is 30.6 Å². The third kappa shape index (κ3) is 5.53. The molecule has 1 atom stereocenters.